The van der Waals surface area contributed by atoms with Crippen LogP contribution in [-0.4, -0.2) is 24.6 Å². The van der Waals surface area contributed by atoms with Crippen molar-refractivity contribution in [2.45, 2.75) is 26.4 Å². The normalized spacial score (nSPS) is 21.9. The van der Waals surface area contributed by atoms with E-state index in [9.17, 15) is 4.79 Å². The van der Waals surface area contributed by atoms with Crippen LogP contribution in [0.15, 0.2) is 11.8 Å². The Kier molecular flexibility index (Phi) is 2.52. The van der Waals surface area contributed by atoms with Gasteiger partial charge in [0.1, 0.15) is 18.0 Å². The molecule has 68 valence electrons. The van der Waals surface area contributed by atoms with E-state index in [2.05, 4.69) is 0 Å². The third-order valence-electron chi connectivity index (χ3n) is 1.79. The molecule has 0 bridgehead atoms. The van der Waals surface area contributed by atoms with Gasteiger partial charge in [0.05, 0.1) is 6.61 Å². The summed E-state index contributed by atoms with van der Waals surface area (Å²) in [6.07, 6.45) is 1.52. The number of ether oxygens (including phenoxy) is 2. The van der Waals surface area contributed by atoms with Crippen LogP contribution in [0.1, 0.15) is 20.8 Å². The zero-order valence-electron chi connectivity index (χ0n) is 7.72. The Morgan fingerprint density at radius 2 is 2.33 bits per heavy atom. The third kappa shape index (κ3) is 1.85. The number of carbonyl (C=O) groups excluding carboxylic acids is 1. The second kappa shape index (κ2) is 3.27. The topological polar surface area (TPSA) is 35.5 Å². The molecule has 0 fully saturated rings. The molecule has 0 spiro atoms. The molecule has 0 radical (unpaired) electrons. The molecular formula is C9H14O3. The molecule has 3 nitrogen and oxygen atoms in total. The molecule has 1 aliphatic heterocycles. The number of rotatable bonds is 2. The van der Waals surface area contributed by atoms with Crippen molar-refractivity contribution in [3.8, 4) is 0 Å². The van der Waals surface area contributed by atoms with Crippen LogP contribution in [-0.2, 0) is 14.3 Å². The van der Waals surface area contributed by atoms with E-state index < -0.39 is 5.60 Å². The average molecular weight is 170 g/mol. The number of ketones is 1. The summed E-state index contributed by atoms with van der Waals surface area (Å²) in [4.78, 5) is 11.3. The van der Waals surface area contributed by atoms with Crippen LogP contribution >= 0.6 is 0 Å². The molecule has 0 unspecified atom stereocenters. The molecule has 0 aromatic heterocycles. The van der Waals surface area contributed by atoms with Crippen LogP contribution in [0.2, 0.25) is 0 Å². The van der Waals surface area contributed by atoms with Gasteiger partial charge in [-0.05, 0) is 20.8 Å². The average Bonchev–Trinajstić information content (AvgIpc) is 1.98. The lowest BCUT2D eigenvalue weighted by molar-refractivity contribution is -0.138. The fourth-order valence-electron chi connectivity index (χ4n) is 0.953. The van der Waals surface area contributed by atoms with Crippen molar-refractivity contribution < 1.29 is 14.3 Å². The van der Waals surface area contributed by atoms with E-state index in [1.807, 2.05) is 6.92 Å². The van der Waals surface area contributed by atoms with Crippen molar-refractivity contribution in [1.82, 2.24) is 0 Å². The van der Waals surface area contributed by atoms with E-state index >= 15 is 0 Å². The largest absolute Gasteiger partial charge is 0.496 e. The maximum absolute atomic E-state index is 11.3. The van der Waals surface area contributed by atoms with Gasteiger partial charge in [-0.15, -0.1) is 0 Å². The van der Waals surface area contributed by atoms with Gasteiger partial charge in [0.2, 0.25) is 0 Å². The van der Waals surface area contributed by atoms with Gasteiger partial charge in [-0.25, -0.2) is 0 Å². The van der Waals surface area contributed by atoms with Gasteiger partial charge in [-0.1, -0.05) is 0 Å². The molecule has 0 saturated heterocycles. The molecule has 0 aliphatic carbocycles. The van der Waals surface area contributed by atoms with Gasteiger partial charge in [-0.2, -0.15) is 0 Å². The summed E-state index contributed by atoms with van der Waals surface area (Å²) in [6.45, 7) is 6.36. The second-order valence-electron chi connectivity index (χ2n) is 3.21. The Morgan fingerprint density at radius 3 is 2.83 bits per heavy atom. The zero-order valence-corrected chi connectivity index (χ0v) is 7.72. The minimum atomic E-state index is -0.680. The van der Waals surface area contributed by atoms with Gasteiger partial charge in [0.25, 0.3) is 0 Å². The van der Waals surface area contributed by atoms with Gasteiger partial charge in [0, 0.05) is 6.08 Å². The molecule has 0 N–H and O–H groups in total. The summed E-state index contributed by atoms with van der Waals surface area (Å²) in [7, 11) is 0. The fraction of sp³-hybridized carbons (Fsp3) is 0.667. The predicted octanol–water partition coefficient (Wildman–Crippen LogP) is 1.28. The highest BCUT2D eigenvalue weighted by Crippen LogP contribution is 2.19. The summed E-state index contributed by atoms with van der Waals surface area (Å²) in [5.74, 6) is 0.596. The first kappa shape index (κ1) is 9.26. The highest BCUT2D eigenvalue weighted by atomic mass is 16.5. The van der Waals surface area contributed by atoms with Gasteiger partial charge >= 0.3 is 0 Å². The van der Waals surface area contributed by atoms with Gasteiger partial charge in [-0.3, -0.25) is 4.79 Å². The second-order valence-corrected chi connectivity index (χ2v) is 3.21. The lowest BCUT2D eigenvalue weighted by Crippen LogP contribution is -2.38. The van der Waals surface area contributed by atoms with E-state index in [0.717, 1.165) is 0 Å². The molecule has 1 rings (SSSR count). The molecule has 0 atom stereocenters. The minimum absolute atomic E-state index is 0.0304. The fourth-order valence-corrected chi connectivity index (χ4v) is 0.953. The predicted molar refractivity (Wildman–Crippen MR) is 44.7 cm³/mol. The molecule has 12 heavy (non-hydrogen) atoms. The van der Waals surface area contributed by atoms with Gasteiger partial charge < -0.3 is 9.47 Å². The zero-order chi connectivity index (χ0) is 9.19. The van der Waals surface area contributed by atoms with E-state index in [0.29, 0.717) is 19.0 Å². The standard InChI is InChI=1S/C9H14O3/c1-4-11-7-5-8(10)9(2,3)12-6-7/h5H,4,6H2,1-3H3. The van der Waals surface area contributed by atoms with Crippen molar-refractivity contribution in [3.05, 3.63) is 11.8 Å². The summed E-state index contributed by atoms with van der Waals surface area (Å²) in [5.41, 5.74) is -0.680. The number of carbonyl (C=O) groups is 1. The van der Waals surface area contributed by atoms with Crippen molar-refractivity contribution in [3.63, 3.8) is 0 Å². The molecule has 0 aromatic carbocycles. The lowest BCUT2D eigenvalue weighted by atomic mass is 10.0. The van der Waals surface area contributed by atoms with E-state index in [-0.39, 0.29) is 5.78 Å². The van der Waals surface area contributed by atoms with Crippen LogP contribution in [0, 0.1) is 0 Å². The van der Waals surface area contributed by atoms with Crippen LogP contribution in [0.25, 0.3) is 0 Å². The Hall–Kier alpha value is -0.830. The molecule has 1 aliphatic rings. The Morgan fingerprint density at radius 1 is 1.67 bits per heavy atom. The molecule has 3 heteroatoms. The minimum Gasteiger partial charge on any atom is -0.496 e. The van der Waals surface area contributed by atoms with Crippen LogP contribution in [0.3, 0.4) is 0 Å². The van der Waals surface area contributed by atoms with Crippen molar-refractivity contribution >= 4 is 5.78 Å². The van der Waals surface area contributed by atoms with E-state index in [4.69, 9.17) is 9.47 Å². The number of hydrogen-bond donors (Lipinski definition) is 0. The smallest absolute Gasteiger partial charge is 0.190 e. The maximum Gasteiger partial charge on any atom is 0.190 e. The molecule has 0 aromatic rings. The summed E-state index contributed by atoms with van der Waals surface area (Å²) < 4.78 is 10.5. The Bertz CT molecular complexity index is 216. The first-order valence-electron chi connectivity index (χ1n) is 4.08. The van der Waals surface area contributed by atoms with Crippen LogP contribution in [0.4, 0.5) is 0 Å². The first-order valence-corrected chi connectivity index (χ1v) is 4.08. The first-order chi connectivity index (χ1) is 5.56. The monoisotopic (exact) mass is 170 g/mol. The Labute approximate surface area is 72.4 Å². The van der Waals surface area contributed by atoms with E-state index in [1.165, 1.54) is 6.08 Å². The molecule has 0 saturated carbocycles. The molecular weight excluding hydrogens is 156 g/mol. The van der Waals surface area contributed by atoms with Crippen LogP contribution in [0.5, 0.6) is 0 Å². The van der Waals surface area contributed by atoms with Crippen LogP contribution < -0.4 is 0 Å². The highest BCUT2D eigenvalue weighted by molar-refractivity contribution is 5.97. The summed E-state index contributed by atoms with van der Waals surface area (Å²) >= 11 is 0. The van der Waals surface area contributed by atoms with Crippen molar-refractivity contribution in [2.24, 2.45) is 0 Å². The third-order valence-corrected chi connectivity index (χ3v) is 1.79. The molecule has 0 amide bonds. The number of hydrogen-bond acceptors (Lipinski definition) is 3. The lowest BCUT2D eigenvalue weighted by Gasteiger charge is -2.27. The molecule has 1 heterocycles. The van der Waals surface area contributed by atoms with E-state index in [1.54, 1.807) is 13.8 Å². The van der Waals surface area contributed by atoms with Crippen molar-refractivity contribution in [1.29, 1.82) is 0 Å². The maximum atomic E-state index is 11.3. The quantitative estimate of drug-likeness (QED) is 0.626. The highest BCUT2D eigenvalue weighted by Gasteiger charge is 2.31. The SMILES string of the molecule is CCOC1=CC(=O)C(C)(C)OC1. The van der Waals surface area contributed by atoms with Crippen molar-refractivity contribution in [2.75, 3.05) is 13.2 Å². The Balaban J connectivity index is 2.69. The summed E-state index contributed by atoms with van der Waals surface area (Å²) in [5, 5.41) is 0. The van der Waals surface area contributed by atoms with Gasteiger partial charge in [0.15, 0.2) is 5.78 Å². The summed E-state index contributed by atoms with van der Waals surface area (Å²) in [6, 6.07) is 0.